The van der Waals surface area contributed by atoms with Gasteiger partial charge in [0, 0.05) is 17.3 Å². The SMILES string of the molecule is Cc1nn(-c2cccc(Cl)c2)nc1C(=O)O[C@H](C)C(=O)N1CCc2ccccc21. The molecule has 7 nitrogen and oxygen atoms in total. The molecule has 29 heavy (non-hydrogen) atoms. The molecule has 148 valence electrons. The molecule has 0 N–H and O–H groups in total. The number of aromatic nitrogens is 3. The summed E-state index contributed by atoms with van der Waals surface area (Å²) in [5.74, 6) is -0.952. The molecule has 0 unspecified atom stereocenters. The van der Waals surface area contributed by atoms with E-state index in [4.69, 9.17) is 16.3 Å². The van der Waals surface area contributed by atoms with Crippen molar-refractivity contribution in [1.82, 2.24) is 15.0 Å². The summed E-state index contributed by atoms with van der Waals surface area (Å²) in [4.78, 5) is 28.4. The summed E-state index contributed by atoms with van der Waals surface area (Å²) in [7, 11) is 0. The van der Waals surface area contributed by atoms with Gasteiger partial charge in [0.2, 0.25) is 0 Å². The number of hydrogen-bond acceptors (Lipinski definition) is 5. The normalized spacial score (nSPS) is 13.8. The van der Waals surface area contributed by atoms with Crippen molar-refractivity contribution in [3.05, 3.63) is 70.5 Å². The molecule has 8 heteroatoms. The highest BCUT2D eigenvalue weighted by atomic mass is 35.5. The number of anilines is 1. The van der Waals surface area contributed by atoms with Crippen molar-refractivity contribution in [1.29, 1.82) is 0 Å². The monoisotopic (exact) mass is 410 g/mol. The van der Waals surface area contributed by atoms with E-state index < -0.39 is 12.1 Å². The van der Waals surface area contributed by atoms with E-state index in [1.807, 2.05) is 24.3 Å². The molecule has 1 atom stereocenters. The van der Waals surface area contributed by atoms with Crippen LogP contribution in [-0.2, 0) is 16.0 Å². The molecule has 2 aromatic carbocycles. The van der Waals surface area contributed by atoms with E-state index in [1.165, 1.54) is 4.80 Å². The third-order valence-corrected chi connectivity index (χ3v) is 5.03. The number of carbonyl (C=O) groups is 2. The summed E-state index contributed by atoms with van der Waals surface area (Å²) in [6, 6.07) is 14.7. The number of para-hydroxylation sites is 1. The summed E-state index contributed by atoms with van der Waals surface area (Å²) in [5.41, 5.74) is 3.06. The molecule has 0 aliphatic carbocycles. The van der Waals surface area contributed by atoms with Gasteiger partial charge in [-0.3, -0.25) is 4.79 Å². The molecule has 3 aromatic rings. The molecule has 0 saturated carbocycles. The first kappa shape index (κ1) is 19.1. The number of halogens is 1. The third-order valence-electron chi connectivity index (χ3n) is 4.80. The number of esters is 1. The van der Waals surface area contributed by atoms with Crippen LogP contribution < -0.4 is 4.90 Å². The van der Waals surface area contributed by atoms with Crippen molar-refractivity contribution in [2.75, 3.05) is 11.4 Å². The van der Waals surface area contributed by atoms with E-state index >= 15 is 0 Å². The average molecular weight is 411 g/mol. The minimum absolute atomic E-state index is 0.0615. The Morgan fingerprint density at radius 1 is 1.14 bits per heavy atom. The fourth-order valence-electron chi connectivity index (χ4n) is 3.34. The van der Waals surface area contributed by atoms with E-state index in [-0.39, 0.29) is 11.6 Å². The zero-order valence-electron chi connectivity index (χ0n) is 16.0. The van der Waals surface area contributed by atoms with Crippen LogP contribution in [0.15, 0.2) is 48.5 Å². The van der Waals surface area contributed by atoms with E-state index in [0.717, 1.165) is 17.7 Å². The first-order valence-corrected chi connectivity index (χ1v) is 9.62. The fourth-order valence-corrected chi connectivity index (χ4v) is 3.52. The number of nitrogens with zero attached hydrogens (tertiary/aromatic N) is 4. The van der Waals surface area contributed by atoms with Crippen LogP contribution in [0, 0.1) is 6.92 Å². The molecule has 0 bridgehead atoms. The second kappa shape index (κ2) is 7.67. The van der Waals surface area contributed by atoms with Crippen LogP contribution in [-0.4, -0.2) is 39.5 Å². The van der Waals surface area contributed by atoms with E-state index in [1.54, 1.807) is 43.0 Å². The first-order valence-electron chi connectivity index (χ1n) is 9.24. The molecule has 0 fully saturated rings. The molecule has 4 rings (SSSR count). The van der Waals surface area contributed by atoms with Crippen LogP contribution in [0.3, 0.4) is 0 Å². The zero-order chi connectivity index (χ0) is 20.5. The van der Waals surface area contributed by atoms with Gasteiger partial charge in [0.05, 0.1) is 11.4 Å². The van der Waals surface area contributed by atoms with Gasteiger partial charge in [-0.2, -0.15) is 9.90 Å². The van der Waals surface area contributed by atoms with Crippen LogP contribution in [0.5, 0.6) is 0 Å². The van der Waals surface area contributed by atoms with Crippen LogP contribution in [0.2, 0.25) is 5.02 Å². The lowest BCUT2D eigenvalue weighted by molar-refractivity contribution is -0.126. The van der Waals surface area contributed by atoms with Crippen molar-refractivity contribution in [3.63, 3.8) is 0 Å². The van der Waals surface area contributed by atoms with Crippen LogP contribution in [0.1, 0.15) is 28.7 Å². The summed E-state index contributed by atoms with van der Waals surface area (Å²) in [5, 5.41) is 9.00. The predicted molar refractivity (Wildman–Crippen MR) is 108 cm³/mol. The zero-order valence-corrected chi connectivity index (χ0v) is 16.8. The van der Waals surface area contributed by atoms with Gasteiger partial charge in [-0.25, -0.2) is 4.79 Å². The molecular weight excluding hydrogens is 392 g/mol. The van der Waals surface area contributed by atoms with Gasteiger partial charge in [0.25, 0.3) is 5.91 Å². The van der Waals surface area contributed by atoms with Gasteiger partial charge >= 0.3 is 5.97 Å². The van der Waals surface area contributed by atoms with E-state index in [2.05, 4.69) is 10.2 Å². The molecule has 1 aromatic heterocycles. The maximum Gasteiger partial charge on any atom is 0.361 e. The number of fused-ring (bicyclic) bond motifs is 1. The molecule has 0 radical (unpaired) electrons. The summed E-state index contributed by atoms with van der Waals surface area (Å²) in [6.45, 7) is 3.80. The molecule has 1 aliphatic heterocycles. The fraction of sp³-hybridized carbons (Fsp3) is 0.238. The lowest BCUT2D eigenvalue weighted by atomic mass is 10.2. The number of amides is 1. The van der Waals surface area contributed by atoms with E-state index in [0.29, 0.717) is 22.9 Å². The van der Waals surface area contributed by atoms with Crippen molar-refractivity contribution < 1.29 is 14.3 Å². The van der Waals surface area contributed by atoms with Gasteiger partial charge in [0.1, 0.15) is 0 Å². The molecular formula is C21H19ClN4O3. The number of rotatable bonds is 4. The molecule has 0 saturated heterocycles. The van der Waals surface area contributed by atoms with Gasteiger partial charge in [-0.15, -0.1) is 5.10 Å². The lowest BCUT2D eigenvalue weighted by Gasteiger charge is -2.21. The maximum absolute atomic E-state index is 12.8. The minimum atomic E-state index is -0.940. The second-order valence-corrected chi connectivity index (χ2v) is 7.26. The Labute approximate surface area is 172 Å². The molecule has 1 amide bonds. The minimum Gasteiger partial charge on any atom is -0.448 e. The van der Waals surface area contributed by atoms with Crippen molar-refractivity contribution in [2.24, 2.45) is 0 Å². The molecule has 2 heterocycles. The highest BCUT2D eigenvalue weighted by Crippen LogP contribution is 2.28. The Morgan fingerprint density at radius 3 is 2.72 bits per heavy atom. The van der Waals surface area contributed by atoms with Crippen molar-refractivity contribution in [3.8, 4) is 5.69 Å². The number of benzene rings is 2. The Kier molecular flexibility index (Phi) is 5.07. The van der Waals surface area contributed by atoms with E-state index in [9.17, 15) is 9.59 Å². The highest BCUT2D eigenvalue weighted by Gasteiger charge is 2.31. The van der Waals surface area contributed by atoms with Gasteiger partial charge in [0.15, 0.2) is 11.8 Å². The first-order chi connectivity index (χ1) is 13.9. The standard InChI is InChI=1S/C21H19ClN4O3/c1-13-19(24-26(23-13)17-8-5-7-16(22)12-17)21(28)29-14(2)20(27)25-11-10-15-6-3-4-9-18(15)25/h3-9,12,14H,10-11H2,1-2H3/t14-/m1/s1. The van der Waals surface area contributed by atoms with Crippen LogP contribution in [0.25, 0.3) is 5.69 Å². The van der Waals surface area contributed by atoms with Crippen LogP contribution in [0.4, 0.5) is 5.69 Å². The second-order valence-electron chi connectivity index (χ2n) is 6.82. The lowest BCUT2D eigenvalue weighted by Crippen LogP contribution is -2.39. The maximum atomic E-state index is 12.8. The number of ether oxygens (including phenoxy) is 1. The smallest absolute Gasteiger partial charge is 0.361 e. The van der Waals surface area contributed by atoms with Crippen molar-refractivity contribution in [2.45, 2.75) is 26.4 Å². The summed E-state index contributed by atoms with van der Waals surface area (Å²) < 4.78 is 5.41. The molecule has 1 aliphatic rings. The Morgan fingerprint density at radius 2 is 1.93 bits per heavy atom. The Bertz CT molecular complexity index is 1100. The van der Waals surface area contributed by atoms with Gasteiger partial charge < -0.3 is 9.64 Å². The number of aryl methyl sites for hydroxylation is 1. The molecule has 0 spiro atoms. The van der Waals surface area contributed by atoms with Crippen LogP contribution >= 0.6 is 11.6 Å². The predicted octanol–water partition coefficient (Wildman–Crippen LogP) is 3.36. The Hall–Kier alpha value is -3.19. The topological polar surface area (TPSA) is 77.3 Å². The Balaban J connectivity index is 1.49. The third kappa shape index (κ3) is 3.73. The number of carbonyl (C=O) groups excluding carboxylic acids is 2. The average Bonchev–Trinajstić information content (AvgIpc) is 3.31. The summed E-state index contributed by atoms with van der Waals surface area (Å²) in [6.07, 6.45) is -0.153. The van der Waals surface area contributed by atoms with Crippen molar-refractivity contribution >= 4 is 29.2 Å². The summed E-state index contributed by atoms with van der Waals surface area (Å²) >= 11 is 6.00. The largest absolute Gasteiger partial charge is 0.448 e. The quantitative estimate of drug-likeness (QED) is 0.616. The van der Waals surface area contributed by atoms with Gasteiger partial charge in [-0.05, 0) is 50.1 Å². The van der Waals surface area contributed by atoms with Gasteiger partial charge in [-0.1, -0.05) is 35.9 Å². The number of hydrogen-bond donors (Lipinski definition) is 0. The highest BCUT2D eigenvalue weighted by molar-refractivity contribution is 6.30.